The Bertz CT molecular complexity index is 809. The van der Waals surface area contributed by atoms with E-state index >= 15 is 0 Å². The van der Waals surface area contributed by atoms with Gasteiger partial charge in [0.2, 0.25) is 5.91 Å². The van der Waals surface area contributed by atoms with Crippen molar-refractivity contribution in [2.24, 2.45) is 5.92 Å². The van der Waals surface area contributed by atoms with Gasteiger partial charge >= 0.3 is 0 Å². The SMILES string of the molecule is CS(=O)(=O)c1ccc(C(CC2CCCC2)C(=O)Nc2n[c]cs2)cc1. The predicted molar refractivity (Wildman–Crippen MR) is 98.4 cm³/mol. The Labute approximate surface area is 152 Å². The number of thiazole rings is 1. The quantitative estimate of drug-likeness (QED) is 0.834. The molecule has 2 aromatic rings. The molecule has 1 N–H and O–H groups in total. The van der Waals surface area contributed by atoms with E-state index in [0.717, 1.165) is 24.8 Å². The first kappa shape index (κ1) is 18.1. The van der Waals surface area contributed by atoms with Crippen LogP contribution < -0.4 is 5.32 Å². The summed E-state index contributed by atoms with van der Waals surface area (Å²) in [4.78, 5) is 17.1. The Morgan fingerprint density at radius 2 is 2.00 bits per heavy atom. The van der Waals surface area contributed by atoms with Crippen LogP contribution in [0.1, 0.15) is 43.6 Å². The lowest BCUT2D eigenvalue weighted by Gasteiger charge is -2.20. The summed E-state index contributed by atoms with van der Waals surface area (Å²) in [5, 5.41) is 5.09. The molecule has 0 saturated heterocycles. The Balaban J connectivity index is 1.83. The van der Waals surface area contributed by atoms with Crippen LogP contribution in [0.4, 0.5) is 5.13 Å². The maximum absolute atomic E-state index is 12.8. The second-order valence-corrected chi connectivity index (χ2v) is 9.42. The monoisotopic (exact) mass is 377 g/mol. The predicted octanol–water partition coefficient (Wildman–Crippen LogP) is 3.65. The van der Waals surface area contributed by atoms with E-state index in [1.165, 1.54) is 30.4 Å². The smallest absolute Gasteiger partial charge is 0.233 e. The molecule has 1 atom stereocenters. The number of amides is 1. The van der Waals surface area contributed by atoms with Gasteiger partial charge in [-0.2, -0.15) is 0 Å². The summed E-state index contributed by atoms with van der Waals surface area (Å²) in [5.41, 5.74) is 0.845. The number of carbonyl (C=O) groups excluding carboxylic acids is 1. The average Bonchev–Trinajstić information content (AvgIpc) is 3.25. The third-order valence-corrected chi connectivity index (χ3v) is 6.46. The van der Waals surface area contributed by atoms with E-state index in [9.17, 15) is 13.2 Å². The number of hydrogen-bond acceptors (Lipinski definition) is 5. The van der Waals surface area contributed by atoms with Gasteiger partial charge in [-0.1, -0.05) is 37.8 Å². The zero-order valence-electron chi connectivity index (χ0n) is 14.1. The van der Waals surface area contributed by atoms with Gasteiger partial charge in [-0.15, -0.1) is 11.3 Å². The Hall–Kier alpha value is -1.73. The molecule has 5 nitrogen and oxygen atoms in total. The van der Waals surface area contributed by atoms with E-state index in [1.807, 2.05) is 0 Å². The van der Waals surface area contributed by atoms with Gasteiger partial charge in [0.1, 0.15) is 6.20 Å². The third-order valence-electron chi connectivity index (χ3n) is 4.69. The van der Waals surface area contributed by atoms with E-state index in [1.54, 1.807) is 29.6 Å². The molecule has 1 aliphatic carbocycles. The van der Waals surface area contributed by atoms with Gasteiger partial charge in [0.15, 0.2) is 15.0 Å². The van der Waals surface area contributed by atoms with Crippen LogP contribution in [0.3, 0.4) is 0 Å². The van der Waals surface area contributed by atoms with Crippen LogP contribution in [-0.2, 0) is 14.6 Å². The normalized spacial score (nSPS) is 16.7. The third kappa shape index (κ3) is 4.67. The molecule has 1 saturated carbocycles. The highest BCUT2D eigenvalue weighted by atomic mass is 32.2. The molecule has 1 radical (unpaired) electrons. The minimum absolute atomic E-state index is 0.0950. The molecule has 1 aromatic heterocycles. The largest absolute Gasteiger partial charge is 0.301 e. The minimum atomic E-state index is -3.24. The van der Waals surface area contributed by atoms with Crippen molar-refractivity contribution in [3.8, 4) is 0 Å². The van der Waals surface area contributed by atoms with E-state index in [4.69, 9.17) is 0 Å². The van der Waals surface area contributed by atoms with Crippen molar-refractivity contribution in [2.45, 2.75) is 42.9 Å². The van der Waals surface area contributed by atoms with Crippen LogP contribution in [-0.4, -0.2) is 25.6 Å². The molecule has 1 aliphatic rings. The summed E-state index contributed by atoms with van der Waals surface area (Å²) in [5.74, 6) is 0.135. The fourth-order valence-corrected chi connectivity index (χ4v) is 4.48. The van der Waals surface area contributed by atoms with Gasteiger partial charge in [0.05, 0.1) is 10.8 Å². The molecule has 133 valence electrons. The van der Waals surface area contributed by atoms with Crippen molar-refractivity contribution in [2.75, 3.05) is 11.6 Å². The summed E-state index contributed by atoms with van der Waals surface area (Å²) in [6, 6.07) is 6.67. The first-order valence-corrected chi connectivity index (χ1v) is 11.1. The van der Waals surface area contributed by atoms with Crippen LogP contribution in [0.2, 0.25) is 0 Å². The Kier molecular flexibility index (Phi) is 5.54. The molecule has 3 rings (SSSR count). The molecule has 1 heterocycles. The Morgan fingerprint density at radius 3 is 2.56 bits per heavy atom. The summed E-state index contributed by atoms with van der Waals surface area (Å²) in [6.07, 6.45) is 9.39. The summed E-state index contributed by atoms with van der Waals surface area (Å²) in [6.45, 7) is 0. The summed E-state index contributed by atoms with van der Waals surface area (Å²) < 4.78 is 23.3. The molecule has 7 heteroatoms. The summed E-state index contributed by atoms with van der Waals surface area (Å²) in [7, 11) is -3.24. The average molecular weight is 378 g/mol. The number of aromatic nitrogens is 1. The zero-order chi connectivity index (χ0) is 17.9. The van der Waals surface area contributed by atoms with Crippen molar-refractivity contribution < 1.29 is 13.2 Å². The second kappa shape index (κ2) is 7.66. The lowest BCUT2D eigenvalue weighted by Crippen LogP contribution is -2.23. The van der Waals surface area contributed by atoms with Crippen LogP contribution in [0.5, 0.6) is 0 Å². The van der Waals surface area contributed by atoms with Gasteiger partial charge in [0.25, 0.3) is 0 Å². The van der Waals surface area contributed by atoms with Gasteiger partial charge in [-0.25, -0.2) is 13.4 Å². The zero-order valence-corrected chi connectivity index (χ0v) is 15.7. The fraction of sp³-hybridized carbons (Fsp3) is 0.444. The first-order valence-electron chi connectivity index (χ1n) is 8.36. The van der Waals surface area contributed by atoms with E-state index in [2.05, 4.69) is 16.5 Å². The maximum Gasteiger partial charge on any atom is 0.233 e. The minimum Gasteiger partial charge on any atom is -0.301 e. The lowest BCUT2D eigenvalue weighted by molar-refractivity contribution is -0.118. The number of benzene rings is 1. The molecule has 0 aliphatic heterocycles. The molecule has 1 fully saturated rings. The number of carbonyl (C=O) groups is 1. The molecule has 1 unspecified atom stereocenters. The molecule has 0 spiro atoms. The van der Waals surface area contributed by atoms with Crippen LogP contribution in [0.15, 0.2) is 34.5 Å². The molecule has 25 heavy (non-hydrogen) atoms. The van der Waals surface area contributed by atoms with Crippen LogP contribution in [0, 0.1) is 12.1 Å². The summed E-state index contributed by atoms with van der Waals surface area (Å²) >= 11 is 1.33. The van der Waals surface area contributed by atoms with Crippen molar-refractivity contribution in [3.05, 3.63) is 41.4 Å². The van der Waals surface area contributed by atoms with Crippen molar-refractivity contribution >= 4 is 32.2 Å². The van der Waals surface area contributed by atoms with E-state index in [-0.39, 0.29) is 16.7 Å². The van der Waals surface area contributed by atoms with Gasteiger partial charge in [-0.05, 0) is 30.0 Å². The molecule has 1 aromatic carbocycles. The number of hydrogen-bond donors (Lipinski definition) is 1. The number of nitrogens with zero attached hydrogens (tertiary/aromatic N) is 1. The van der Waals surface area contributed by atoms with E-state index < -0.39 is 9.84 Å². The van der Waals surface area contributed by atoms with Crippen molar-refractivity contribution in [1.82, 2.24) is 4.98 Å². The number of sulfone groups is 1. The first-order chi connectivity index (χ1) is 11.9. The molecular weight excluding hydrogens is 356 g/mol. The van der Waals surface area contributed by atoms with Gasteiger partial charge in [0, 0.05) is 11.6 Å². The highest BCUT2D eigenvalue weighted by Gasteiger charge is 2.27. The van der Waals surface area contributed by atoms with Crippen LogP contribution >= 0.6 is 11.3 Å². The number of nitrogens with one attached hydrogen (secondary N) is 1. The highest BCUT2D eigenvalue weighted by Crippen LogP contribution is 2.35. The number of anilines is 1. The molecule has 0 bridgehead atoms. The van der Waals surface area contributed by atoms with Gasteiger partial charge in [-0.3, -0.25) is 4.79 Å². The molecule has 1 amide bonds. The van der Waals surface area contributed by atoms with Crippen LogP contribution in [0.25, 0.3) is 0 Å². The Morgan fingerprint density at radius 1 is 1.32 bits per heavy atom. The standard InChI is InChI=1S/C18H21N2O3S2/c1-25(22,23)15-8-6-14(7-9-15)16(12-13-4-2-3-5-13)17(21)20-18-19-10-11-24-18/h6-9,11,13,16H,2-5,12H2,1H3,(H,19,20,21). The topological polar surface area (TPSA) is 76.1 Å². The van der Waals surface area contributed by atoms with E-state index in [0.29, 0.717) is 11.0 Å². The van der Waals surface area contributed by atoms with Gasteiger partial charge < -0.3 is 5.32 Å². The number of rotatable bonds is 6. The highest BCUT2D eigenvalue weighted by molar-refractivity contribution is 7.90. The fourth-order valence-electron chi connectivity index (χ4n) is 3.36. The van der Waals surface area contributed by atoms with Crippen molar-refractivity contribution in [1.29, 1.82) is 0 Å². The maximum atomic E-state index is 12.8. The second-order valence-electron chi connectivity index (χ2n) is 6.55. The van der Waals surface area contributed by atoms with Crippen molar-refractivity contribution in [3.63, 3.8) is 0 Å². The molecular formula is C18H21N2O3S2. The lowest BCUT2D eigenvalue weighted by atomic mass is 9.87.